The zero-order valence-corrected chi connectivity index (χ0v) is 21.1. The maximum Gasteiger partial charge on any atom is 0.257 e. The SMILES string of the molecule is CO[C@@H]1CN(C)C(=O)c2ccc(NC(=O)C3CC3)cc2OC[C@H](C)N(Cc2cccnc2)C[C@H]1C. The molecule has 1 aliphatic carbocycles. The molecule has 2 aromatic rings. The summed E-state index contributed by atoms with van der Waals surface area (Å²) in [5.41, 5.74) is 2.25. The minimum Gasteiger partial charge on any atom is -0.491 e. The molecule has 0 radical (unpaired) electrons. The van der Waals surface area contributed by atoms with Gasteiger partial charge in [0.2, 0.25) is 5.91 Å². The van der Waals surface area contributed by atoms with E-state index < -0.39 is 0 Å². The number of benzene rings is 1. The molecule has 2 aliphatic rings. The Labute approximate surface area is 207 Å². The van der Waals surface area contributed by atoms with Crippen LogP contribution in [0.1, 0.15) is 42.6 Å². The first kappa shape index (κ1) is 25.1. The largest absolute Gasteiger partial charge is 0.491 e. The smallest absolute Gasteiger partial charge is 0.257 e. The second-order valence-electron chi connectivity index (χ2n) is 9.86. The second-order valence-corrected chi connectivity index (χ2v) is 9.86. The second kappa shape index (κ2) is 11.2. The van der Waals surface area contributed by atoms with E-state index in [2.05, 4.69) is 35.1 Å². The summed E-state index contributed by atoms with van der Waals surface area (Å²) in [5.74, 6) is 0.655. The molecule has 0 unspecified atom stereocenters. The van der Waals surface area contributed by atoms with Crippen LogP contribution >= 0.6 is 0 Å². The number of pyridine rings is 1. The van der Waals surface area contributed by atoms with E-state index in [4.69, 9.17) is 9.47 Å². The number of hydrogen-bond donors (Lipinski definition) is 1. The summed E-state index contributed by atoms with van der Waals surface area (Å²) in [4.78, 5) is 33.9. The Kier molecular flexibility index (Phi) is 8.03. The molecule has 1 aromatic carbocycles. The van der Waals surface area contributed by atoms with Crippen molar-refractivity contribution in [3.63, 3.8) is 0 Å². The van der Waals surface area contributed by atoms with E-state index in [1.807, 2.05) is 12.3 Å². The molecule has 3 atom stereocenters. The van der Waals surface area contributed by atoms with E-state index >= 15 is 0 Å². The van der Waals surface area contributed by atoms with Crippen molar-refractivity contribution < 1.29 is 19.1 Å². The summed E-state index contributed by atoms with van der Waals surface area (Å²) in [5, 5.41) is 2.96. The fourth-order valence-corrected chi connectivity index (χ4v) is 4.46. The summed E-state index contributed by atoms with van der Waals surface area (Å²) in [6.45, 7) is 6.66. The van der Waals surface area contributed by atoms with Crippen molar-refractivity contribution in [3.05, 3.63) is 53.9 Å². The van der Waals surface area contributed by atoms with Crippen LogP contribution in [0, 0.1) is 11.8 Å². The highest BCUT2D eigenvalue weighted by molar-refractivity contribution is 5.99. The Morgan fingerprint density at radius 1 is 1.23 bits per heavy atom. The van der Waals surface area contributed by atoms with Crippen molar-refractivity contribution in [2.45, 2.75) is 45.4 Å². The van der Waals surface area contributed by atoms with Crippen molar-refractivity contribution in [3.8, 4) is 5.75 Å². The van der Waals surface area contributed by atoms with Crippen LogP contribution in [-0.4, -0.2) is 72.6 Å². The summed E-state index contributed by atoms with van der Waals surface area (Å²) in [7, 11) is 3.49. The number of ether oxygens (including phenoxy) is 2. The number of fused-ring (bicyclic) bond motifs is 1. The van der Waals surface area contributed by atoms with E-state index in [0.717, 1.165) is 31.5 Å². The number of likely N-dealkylation sites (N-methyl/N-ethyl adjacent to an activating group) is 1. The Balaban J connectivity index is 1.62. The summed E-state index contributed by atoms with van der Waals surface area (Å²) >= 11 is 0. The molecule has 1 saturated carbocycles. The molecule has 8 heteroatoms. The number of aromatic nitrogens is 1. The molecule has 1 aliphatic heterocycles. The molecule has 0 bridgehead atoms. The highest BCUT2D eigenvalue weighted by atomic mass is 16.5. The lowest BCUT2D eigenvalue weighted by Gasteiger charge is -2.36. The third kappa shape index (κ3) is 6.38. The van der Waals surface area contributed by atoms with Gasteiger partial charge in [0.05, 0.1) is 11.7 Å². The molecule has 0 spiro atoms. The minimum absolute atomic E-state index is 0.0227. The molecular weight excluding hydrogens is 444 g/mol. The predicted octanol–water partition coefficient (Wildman–Crippen LogP) is 3.44. The van der Waals surface area contributed by atoms with Gasteiger partial charge in [-0.15, -0.1) is 0 Å². The minimum atomic E-state index is -0.130. The van der Waals surface area contributed by atoms with E-state index in [1.165, 1.54) is 0 Å². The fraction of sp³-hybridized carbons (Fsp3) is 0.519. The van der Waals surface area contributed by atoms with Gasteiger partial charge in [-0.1, -0.05) is 13.0 Å². The normalized spacial score (nSPS) is 24.1. The van der Waals surface area contributed by atoms with Crippen LogP contribution in [0.2, 0.25) is 0 Å². The molecule has 0 saturated heterocycles. The third-order valence-electron chi connectivity index (χ3n) is 6.90. The molecule has 2 heterocycles. The lowest BCUT2D eigenvalue weighted by atomic mass is 10.0. The molecule has 1 aromatic heterocycles. The highest BCUT2D eigenvalue weighted by Gasteiger charge is 2.31. The van der Waals surface area contributed by atoms with E-state index in [9.17, 15) is 9.59 Å². The van der Waals surface area contributed by atoms with Gasteiger partial charge in [0, 0.05) is 69.9 Å². The molecule has 2 amide bonds. The number of carbonyl (C=O) groups is 2. The number of anilines is 1. The van der Waals surface area contributed by atoms with Crippen LogP contribution < -0.4 is 10.1 Å². The maximum absolute atomic E-state index is 13.3. The first-order valence-electron chi connectivity index (χ1n) is 12.3. The first-order chi connectivity index (χ1) is 16.9. The monoisotopic (exact) mass is 480 g/mol. The highest BCUT2D eigenvalue weighted by Crippen LogP contribution is 2.32. The van der Waals surface area contributed by atoms with Gasteiger partial charge in [-0.05, 0) is 49.4 Å². The van der Waals surface area contributed by atoms with Crippen molar-refractivity contribution in [2.24, 2.45) is 11.8 Å². The topological polar surface area (TPSA) is 84.0 Å². The Morgan fingerprint density at radius 2 is 2.03 bits per heavy atom. The van der Waals surface area contributed by atoms with Gasteiger partial charge in [-0.2, -0.15) is 0 Å². The van der Waals surface area contributed by atoms with Gasteiger partial charge in [0.15, 0.2) is 0 Å². The predicted molar refractivity (Wildman–Crippen MR) is 134 cm³/mol. The number of nitrogens with zero attached hydrogens (tertiary/aromatic N) is 3. The van der Waals surface area contributed by atoms with Crippen molar-refractivity contribution >= 4 is 17.5 Å². The maximum atomic E-state index is 13.3. The number of rotatable bonds is 5. The molecule has 1 N–H and O–H groups in total. The third-order valence-corrected chi connectivity index (χ3v) is 6.90. The van der Waals surface area contributed by atoms with Crippen LogP contribution in [0.3, 0.4) is 0 Å². The first-order valence-corrected chi connectivity index (χ1v) is 12.3. The van der Waals surface area contributed by atoms with Crippen molar-refractivity contribution in [1.82, 2.24) is 14.8 Å². The van der Waals surface area contributed by atoms with E-state index in [-0.39, 0.29) is 35.8 Å². The van der Waals surface area contributed by atoms with E-state index in [1.54, 1.807) is 43.5 Å². The molecule has 188 valence electrons. The summed E-state index contributed by atoms with van der Waals surface area (Å²) in [6.07, 6.45) is 5.41. The van der Waals surface area contributed by atoms with Gasteiger partial charge in [0.1, 0.15) is 12.4 Å². The molecule has 4 rings (SSSR count). The van der Waals surface area contributed by atoms with Gasteiger partial charge < -0.3 is 19.7 Å². The summed E-state index contributed by atoms with van der Waals surface area (Å²) < 4.78 is 12.1. The average Bonchev–Trinajstić information content (AvgIpc) is 3.71. The van der Waals surface area contributed by atoms with Crippen LogP contribution in [0.5, 0.6) is 5.75 Å². The number of hydrogen-bond acceptors (Lipinski definition) is 6. The Morgan fingerprint density at radius 3 is 2.71 bits per heavy atom. The summed E-state index contributed by atoms with van der Waals surface area (Å²) in [6, 6.07) is 9.37. The zero-order chi connectivity index (χ0) is 24.9. The number of methoxy groups -OCH3 is 1. The molecule has 1 fully saturated rings. The fourth-order valence-electron chi connectivity index (χ4n) is 4.46. The quantitative estimate of drug-likeness (QED) is 0.706. The molecular formula is C27H36N4O4. The van der Waals surface area contributed by atoms with Gasteiger partial charge in [-0.25, -0.2) is 0 Å². The van der Waals surface area contributed by atoms with Crippen LogP contribution in [-0.2, 0) is 16.1 Å². The lowest BCUT2D eigenvalue weighted by molar-refractivity contribution is -0.117. The lowest BCUT2D eigenvalue weighted by Crippen LogP contribution is -2.46. The Hall–Kier alpha value is -2.97. The molecule has 35 heavy (non-hydrogen) atoms. The number of nitrogens with one attached hydrogen (secondary N) is 1. The van der Waals surface area contributed by atoms with E-state index in [0.29, 0.717) is 30.2 Å². The van der Waals surface area contributed by atoms with Gasteiger partial charge in [0.25, 0.3) is 5.91 Å². The number of amides is 2. The Bertz CT molecular complexity index is 1030. The van der Waals surface area contributed by atoms with Crippen LogP contribution in [0.4, 0.5) is 5.69 Å². The molecule has 8 nitrogen and oxygen atoms in total. The van der Waals surface area contributed by atoms with Crippen LogP contribution in [0.15, 0.2) is 42.7 Å². The number of carbonyl (C=O) groups excluding carboxylic acids is 2. The van der Waals surface area contributed by atoms with Crippen molar-refractivity contribution in [2.75, 3.05) is 39.2 Å². The zero-order valence-electron chi connectivity index (χ0n) is 21.1. The van der Waals surface area contributed by atoms with Crippen LogP contribution in [0.25, 0.3) is 0 Å². The average molecular weight is 481 g/mol. The van der Waals surface area contributed by atoms with Gasteiger partial charge in [-0.3, -0.25) is 19.5 Å². The van der Waals surface area contributed by atoms with Crippen molar-refractivity contribution in [1.29, 1.82) is 0 Å². The van der Waals surface area contributed by atoms with Gasteiger partial charge >= 0.3 is 0 Å². The standard InChI is InChI=1S/C27H36N4O4/c1-18-14-31(15-20-6-5-11-28-13-20)19(2)17-35-24-12-22(29-26(32)21-7-8-21)9-10-23(24)27(33)30(3)16-25(18)34-4/h5-6,9-13,18-19,21,25H,7-8,14-17H2,1-4H3,(H,29,32)/t18-,19+,25-/m1/s1.